The molecule has 0 amide bonds. The number of anilines is 3. The lowest BCUT2D eigenvalue weighted by molar-refractivity contribution is 0.662. The number of rotatable bonds is 5. The molecule has 0 spiro atoms. The standard InChI is InChI=1S/C45H29N3O/c1-45(2)36-11-8-10-30-18-19-31-23-29(24-37(45)44(31)43(30)36)16-15-28-17-21-34-35-22-20-33(26-42(35)49-41(34)25-28)48(39-13-6-4-9-32(39)27-46)40-14-7-5-12-38(40)47-3/h4-26H,1-2H3/b16-15+. The zero-order valence-electron chi connectivity index (χ0n) is 27.0. The summed E-state index contributed by atoms with van der Waals surface area (Å²) < 4.78 is 6.49. The Bertz CT molecular complexity index is 2730. The molecule has 1 aromatic heterocycles. The summed E-state index contributed by atoms with van der Waals surface area (Å²) in [7, 11) is 0. The van der Waals surface area contributed by atoms with E-state index in [9.17, 15) is 5.26 Å². The van der Waals surface area contributed by atoms with Gasteiger partial charge in [0.15, 0.2) is 0 Å². The van der Waals surface area contributed by atoms with Crippen molar-refractivity contribution in [2.75, 3.05) is 4.90 Å². The second-order valence-corrected chi connectivity index (χ2v) is 13.2. The molecule has 1 heterocycles. The topological polar surface area (TPSA) is 44.5 Å². The Kier molecular flexibility index (Phi) is 6.25. The number of fused-ring (bicyclic) bond motifs is 3. The molecule has 0 radical (unpaired) electrons. The molecule has 9 rings (SSSR count). The van der Waals surface area contributed by atoms with Gasteiger partial charge in [-0.25, -0.2) is 4.85 Å². The molecule has 0 bridgehead atoms. The van der Waals surface area contributed by atoms with E-state index < -0.39 is 0 Å². The van der Waals surface area contributed by atoms with Crippen LogP contribution in [0.2, 0.25) is 0 Å². The van der Waals surface area contributed by atoms with E-state index in [1.807, 2.05) is 53.4 Å². The van der Waals surface area contributed by atoms with E-state index in [0.29, 0.717) is 22.6 Å². The molecule has 0 aliphatic heterocycles. The quantitative estimate of drug-likeness (QED) is 0.108. The zero-order valence-corrected chi connectivity index (χ0v) is 27.0. The highest BCUT2D eigenvalue weighted by Crippen LogP contribution is 2.49. The first-order chi connectivity index (χ1) is 23.9. The third kappa shape index (κ3) is 4.36. The van der Waals surface area contributed by atoms with Crippen LogP contribution in [0, 0.1) is 17.9 Å². The van der Waals surface area contributed by atoms with Gasteiger partial charge in [-0.2, -0.15) is 5.26 Å². The van der Waals surface area contributed by atoms with Crippen molar-refractivity contribution < 1.29 is 4.42 Å². The molecule has 0 saturated heterocycles. The van der Waals surface area contributed by atoms with E-state index >= 15 is 0 Å². The summed E-state index contributed by atoms with van der Waals surface area (Å²) in [5, 5.41) is 17.4. The lowest BCUT2D eigenvalue weighted by atomic mass is 9.81. The number of hydrogen-bond acceptors (Lipinski definition) is 3. The van der Waals surface area contributed by atoms with Crippen molar-refractivity contribution in [2.45, 2.75) is 19.3 Å². The summed E-state index contributed by atoms with van der Waals surface area (Å²) in [5.74, 6) is 0. The normalized spacial score (nSPS) is 13.1. The Morgan fingerprint density at radius 1 is 0.673 bits per heavy atom. The SMILES string of the molecule is [C-]#[N+]c1ccccc1N(c1ccc2c(c1)oc1cc(/C=C/c3cc4c5c(ccc6cccc(c65)C4(C)C)c3)ccc12)c1ccccc1C#N. The average molecular weight is 628 g/mol. The molecule has 8 aromatic rings. The number of hydrogen-bond donors (Lipinski definition) is 0. The second-order valence-electron chi connectivity index (χ2n) is 13.2. The number of benzene rings is 7. The molecule has 0 unspecified atom stereocenters. The minimum Gasteiger partial charge on any atom is -0.456 e. The van der Waals surface area contributed by atoms with Gasteiger partial charge in [0.05, 0.1) is 23.5 Å². The molecule has 0 fully saturated rings. The van der Waals surface area contributed by atoms with Gasteiger partial charge in [-0.05, 0) is 92.3 Å². The molecule has 1 aliphatic rings. The highest BCUT2D eigenvalue weighted by molar-refractivity contribution is 6.15. The Morgan fingerprint density at radius 2 is 1.39 bits per heavy atom. The van der Waals surface area contributed by atoms with E-state index in [1.165, 1.54) is 38.2 Å². The monoisotopic (exact) mass is 627 g/mol. The highest BCUT2D eigenvalue weighted by Gasteiger charge is 2.33. The Balaban J connectivity index is 1.11. The van der Waals surface area contributed by atoms with Gasteiger partial charge in [-0.15, -0.1) is 0 Å². The molecule has 4 heteroatoms. The first-order valence-corrected chi connectivity index (χ1v) is 16.4. The first-order valence-electron chi connectivity index (χ1n) is 16.4. The van der Waals surface area contributed by atoms with Crippen LogP contribution >= 0.6 is 0 Å². The minimum atomic E-state index is -0.0539. The number of nitrogens with zero attached hydrogens (tertiary/aromatic N) is 3. The van der Waals surface area contributed by atoms with Crippen molar-refractivity contribution in [1.82, 2.24) is 0 Å². The van der Waals surface area contributed by atoms with Crippen molar-refractivity contribution in [3.63, 3.8) is 0 Å². The molecular formula is C45H29N3O. The van der Waals surface area contributed by atoms with Crippen molar-refractivity contribution in [1.29, 1.82) is 5.26 Å². The van der Waals surface area contributed by atoms with Crippen LogP contribution in [0.5, 0.6) is 0 Å². The van der Waals surface area contributed by atoms with Gasteiger partial charge in [0.25, 0.3) is 0 Å². The fourth-order valence-corrected chi connectivity index (χ4v) is 7.66. The van der Waals surface area contributed by atoms with Crippen molar-refractivity contribution in [2.24, 2.45) is 0 Å². The van der Waals surface area contributed by atoms with Crippen LogP contribution in [-0.2, 0) is 5.41 Å². The summed E-state index contributed by atoms with van der Waals surface area (Å²) in [4.78, 5) is 5.75. The molecule has 4 nitrogen and oxygen atoms in total. The molecule has 0 atom stereocenters. The smallest absolute Gasteiger partial charge is 0.210 e. The summed E-state index contributed by atoms with van der Waals surface area (Å²) in [6.07, 6.45) is 4.35. The van der Waals surface area contributed by atoms with Crippen LogP contribution in [0.3, 0.4) is 0 Å². The molecule has 49 heavy (non-hydrogen) atoms. The third-order valence-corrected chi connectivity index (χ3v) is 10.0. The van der Waals surface area contributed by atoms with Gasteiger partial charge in [0.1, 0.15) is 17.2 Å². The van der Waals surface area contributed by atoms with Crippen molar-refractivity contribution in [3.05, 3.63) is 167 Å². The average Bonchev–Trinajstić information content (AvgIpc) is 3.61. The maximum Gasteiger partial charge on any atom is 0.210 e. The fraction of sp³-hybridized carbons (Fsp3) is 0.0667. The largest absolute Gasteiger partial charge is 0.456 e. The Hall–Kier alpha value is -6.62. The third-order valence-electron chi connectivity index (χ3n) is 10.0. The molecular weight excluding hydrogens is 599 g/mol. The summed E-state index contributed by atoms with van der Waals surface area (Å²) in [5.41, 5.74) is 9.71. The van der Waals surface area contributed by atoms with Gasteiger partial charge in [-0.1, -0.05) is 98.8 Å². The number of para-hydroxylation sites is 3. The van der Waals surface area contributed by atoms with Gasteiger partial charge < -0.3 is 9.32 Å². The highest BCUT2D eigenvalue weighted by atomic mass is 16.3. The van der Waals surface area contributed by atoms with Gasteiger partial charge in [-0.3, -0.25) is 0 Å². The maximum atomic E-state index is 9.96. The van der Waals surface area contributed by atoms with Crippen LogP contribution in [0.15, 0.2) is 132 Å². The summed E-state index contributed by atoms with van der Waals surface area (Å²) >= 11 is 0. The van der Waals surface area contributed by atoms with Crippen LogP contribution < -0.4 is 4.90 Å². The van der Waals surface area contributed by atoms with Crippen LogP contribution in [0.25, 0.3) is 60.5 Å². The lowest BCUT2D eigenvalue weighted by Gasteiger charge is -2.27. The first kappa shape index (κ1) is 28.6. The van der Waals surface area contributed by atoms with E-state index in [0.717, 1.165) is 33.2 Å². The van der Waals surface area contributed by atoms with E-state index in [1.54, 1.807) is 12.1 Å². The minimum absolute atomic E-state index is 0.0539. The van der Waals surface area contributed by atoms with Crippen molar-refractivity contribution in [3.8, 4) is 6.07 Å². The number of furan rings is 1. The van der Waals surface area contributed by atoms with E-state index in [2.05, 4.69) is 104 Å². The molecule has 230 valence electrons. The molecule has 7 aromatic carbocycles. The second kappa shape index (κ2) is 10.7. The predicted molar refractivity (Wildman–Crippen MR) is 202 cm³/mol. The fourth-order valence-electron chi connectivity index (χ4n) is 7.66. The van der Waals surface area contributed by atoms with Crippen LogP contribution in [0.1, 0.15) is 41.7 Å². The van der Waals surface area contributed by atoms with E-state index in [4.69, 9.17) is 11.0 Å². The Morgan fingerprint density at radius 3 is 2.22 bits per heavy atom. The molecule has 1 aliphatic carbocycles. The maximum absolute atomic E-state index is 9.96. The number of nitriles is 1. The molecule has 0 N–H and O–H groups in total. The van der Waals surface area contributed by atoms with Crippen LogP contribution in [0.4, 0.5) is 22.7 Å². The predicted octanol–water partition coefficient (Wildman–Crippen LogP) is 12.6. The van der Waals surface area contributed by atoms with Gasteiger partial charge >= 0.3 is 0 Å². The van der Waals surface area contributed by atoms with E-state index in [-0.39, 0.29) is 5.41 Å². The lowest BCUT2D eigenvalue weighted by Crippen LogP contribution is -2.15. The summed E-state index contributed by atoms with van der Waals surface area (Å²) in [6, 6.07) is 45.4. The zero-order chi connectivity index (χ0) is 33.3. The van der Waals surface area contributed by atoms with Crippen molar-refractivity contribution >= 4 is 78.4 Å². The summed E-state index contributed by atoms with van der Waals surface area (Å²) in [6.45, 7) is 12.5. The Labute approximate surface area is 284 Å². The van der Waals surface area contributed by atoms with Gasteiger partial charge in [0, 0.05) is 27.9 Å². The molecule has 0 saturated carbocycles. The van der Waals surface area contributed by atoms with Crippen LogP contribution in [-0.4, -0.2) is 0 Å². The van der Waals surface area contributed by atoms with Gasteiger partial charge in [0.2, 0.25) is 5.69 Å².